The van der Waals surface area contributed by atoms with Crippen molar-refractivity contribution in [2.24, 2.45) is 0 Å². The van der Waals surface area contributed by atoms with Crippen LogP contribution >= 0.6 is 0 Å². The number of Topliss-reactive ketones (excluding diaryl/α,β-unsaturated/α-hetero) is 1. The minimum absolute atomic E-state index is 0.120. The topological polar surface area (TPSA) is 66.8 Å². The van der Waals surface area contributed by atoms with Crippen molar-refractivity contribution in [2.45, 2.75) is 25.8 Å². The van der Waals surface area contributed by atoms with Gasteiger partial charge in [0.25, 0.3) is 11.7 Å². The predicted molar refractivity (Wildman–Crippen MR) is 128 cm³/mol. The summed E-state index contributed by atoms with van der Waals surface area (Å²) in [6.45, 7) is 2.76. The van der Waals surface area contributed by atoms with Gasteiger partial charge >= 0.3 is 0 Å². The number of nitrogens with zero attached hydrogens (tertiary/aromatic N) is 1. The van der Waals surface area contributed by atoms with Crippen LogP contribution in [-0.4, -0.2) is 34.8 Å². The molecule has 1 unspecified atom stereocenters. The van der Waals surface area contributed by atoms with Crippen LogP contribution in [0.5, 0.6) is 5.75 Å². The molecule has 0 aromatic heterocycles. The lowest BCUT2D eigenvalue weighted by Crippen LogP contribution is -2.32. The van der Waals surface area contributed by atoms with E-state index in [1.807, 2.05) is 37.3 Å². The number of hydrogen-bond donors (Lipinski definition) is 1. The Balaban J connectivity index is 1.74. The molecule has 1 N–H and O–H groups in total. The van der Waals surface area contributed by atoms with Gasteiger partial charge in [0.15, 0.2) is 0 Å². The van der Waals surface area contributed by atoms with Gasteiger partial charge in [-0.3, -0.25) is 9.59 Å². The first-order valence-corrected chi connectivity index (χ1v) is 11.3. The summed E-state index contributed by atoms with van der Waals surface area (Å²) in [5.74, 6) is -1.84. The molecule has 1 atom stereocenters. The van der Waals surface area contributed by atoms with E-state index in [1.165, 1.54) is 17.0 Å². The summed E-state index contributed by atoms with van der Waals surface area (Å²) in [5.41, 5.74) is 1.38. The number of rotatable bonds is 8. The fourth-order valence-corrected chi connectivity index (χ4v) is 4.11. The van der Waals surface area contributed by atoms with E-state index in [4.69, 9.17) is 4.74 Å². The molecule has 4 rings (SSSR count). The molecule has 6 heteroatoms. The summed E-state index contributed by atoms with van der Waals surface area (Å²) in [5, 5.41) is 11.1. The van der Waals surface area contributed by atoms with E-state index in [9.17, 15) is 19.1 Å². The number of benzene rings is 3. The number of likely N-dealkylation sites (tertiary alicyclic amines) is 1. The lowest BCUT2D eigenvalue weighted by atomic mass is 9.94. The van der Waals surface area contributed by atoms with Crippen molar-refractivity contribution in [1.82, 2.24) is 4.90 Å². The molecule has 0 spiro atoms. The van der Waals surface area contributed by atoms with E-state index in [2.05, 4.69) is 0 Å². The fraction of sp³-hybridized carbons (Fsp3) is 0.214. The Kier molecular flexibility index (Phi) is 7.07. The van der Waals surface area contributed by atoms with E-state index >= 15 is 0 Å². The zero-order chi connectivity index (χ0) is 24.1. The molecule has 1 heterocycles. The molecule has 174 valence electrons. The van der Waals surface area contributed by atoms with Crippen molar-refractivity contribution >= 4 is 17.4 Å². The summed E-state index contributed by atoms with van der Waals surface area (Å²) in [6.07, 6.45) is 1.35. The third-order valence-corrected chi connectivity index (χ3v) is 5.82. The van der Waals surface area contributed by atoms with Crippen LogP contribution in [0.1, 0.15) is 36.1 Å². The van der Waals surface area contributed by atoms with Crippen LogP contribution < -0.4 is 4.74 Å². The van der Waals surface area contributed by atoms with Gasteiger partial charge in [-0.2, -0.15) is 0 Å². The first-order valence-electron chi connectivity index (χ1n) is 11.3. The van der Waals surface area contributed by atoms with Gasteiger partial charge in [-0.1, -0.05) is 55.5 Å². The molecule has 1 saturated heterocycles. The molecule has 34 heavy (non-hydrogen) atoms. The summed E-state index contributed by atoms with van der Waals surface area (Å²) in [4.78, 5) is 27.5. The van der Waals surface area contributed by atoms with Gasteiger partial charge in [-0.25, -0.2) is 4.39 Å². The van der Waals surface area contributed by atoms with E-state index in [0.29, 0.717) is 24.3 Å². The maximum Gasteiger partial charge on any atom is 0.295 e. The van der Waals surface area contributed by atoms with Gasteiger partial charge < -0.3 is 14.7 Å². The molecule has 0 saturated carbocycles. The Hall–Kier alpha value is -3.93. The summed E-state index contributed by atoms with van der Waals surface area (Å²) < 4.78 is 20.4. The third-order valence-electron chi connectivity index (χ3n) is 5.82. The molecule has 5 nitrogen and oxygen atoms in total. The van der Waals surface area contributed by atoms with Crippen LogP contribution in [0.4, 0.5) is 4.39 Å². The van der Waals surface area contributed by atoms with Gasteiger partial charge in [-0.15, -0.1) is 0 Å². The third kappa shape index (κ3) is 4.71. The maximum atomic E-state index is 14.9. The number of carbonyl (C=O) groups is 2. The Morgan fingerprint density at radius 3 is 2.32 bits per heavy atom. The average Bonchev–Trinajstić information content (AvgIpc) is 3.11. The molecule has 3 aromatic rings. The minimum Gasteiger partial charge on any atom is -0.507 e. The van der Waals surface area contributed by atoms with E-state index < -0.39 is 23.5 Å². The Morgan fingerprint density at radius 2 is 1.65 bits per heavy atom. The number of aliphatic hydroxyl groups excluding tert-OH is 1. The zero-order valence-corrected chi connectivity index (χ0v) is 18.9. The smallest absolute Gasteiger partial charge is 0.295 e. The van der Waals surface area contributed by atoms with E-state index in [1.54, 1.807) is 36.4 Å². The number of ether oxygens (including phenoxy) is 1. The quantitative estimate of drug-likeness (QED) is 0.283. The van der Waals surface area contributed by atoms with Gasteiger partial charge in [-0.05, 0) is 48.7 Å². The van der Waals surface area contributed by atoms with Crippen LogP contribution in [0, 0.1) is 5.82 Å². The van der Waals surface area contributed by atoms with Crippen LogP contribution in [0.2, 0.25) is 0 Å². The Labute approximate surface area is 198 Å². The molecule has 0 radical (unpaired) electrons. The predicted octanol–water partition coefficient (Wildman–Crippen LogP) is 5.28. The van der Waals surface area contributed by atoms with Crippen molar-refractivity contribution in [3.8, 4) is 5.75 Å². The van der Waals surface area contributed by atoms with Crippen molar-refractivity contribution in [2.75, 3.05) is 13.2 Å². The SMILES string of the molecule is CCCOc1ccc(/C(O)=C2\C(=O)C(=O)N(CCc3ccccc3)C2c2ccccc2F)cc1. The number of ketones is 1. The van der Waals surface area contributed by atoms with Gasteiger partial charge in [0, 0.05) is 17.7 Å². The van der Waals surface area contributed by atoms with Gasteiger partial charge in [0.2, 0.25) is 0 Å². The second kappa shape index (κ2) is 10.3. The van der Waals surface area contributed by atoms with Crippen molar-refractivity contribution in [1.29, 1.82) is 0 Å². The Bertz CT molecular complexity index is 1200. The van der Waals surface area contributed by atoms with Gasteiger partial charge in [0.1, 0.15) is 17.3 Å². The van der Waals surface area contributed by atoms with Crippen molar-refractivity contribution in [3.05, 3.63) is 107 Å². The fourth-order valence-electron chi connectivity index (χ4n) is 4.11. The minimum atomic E-state index is -1.03. The number of carbonyl (C=O) groups excluding carboxylic acids is 2. The average molecular weight is 460 g/mol. The molecule has 1 aliphatic heterocycles. The number of amides is 1. The number of halogens is 1. The summed E-state index contributed by atoms with van der Waals surface area (Å²) in [6, 6.07) is 21.1. The van der Waals surface area contributed by atoms with Crippen LogP contribution in [-0.2, 0) is 16.0 Å². The molecule has 0 aliphatic carbocycles. The molecular weight excluding hydrogens is 433 g/mol. The first kappa shape index (κ1) is 23.2. The largest absolute Gasteiger partial charge is 0.507 e. The van der Waals surface area contributed by atoms with Crippen LogP contribution in [0.15, 0.2) is 84.4 Å². The second-order valence-electron chi connectivity index (χ2n) is 8.12. The monoisotopic (exact) mass is 459 g/mol. The zero-order valence-electron chi connectivity index (χ0n) is 18.9. The van der Waals surface area contributed by atoms with E-state index in [0.717, 1.165) is 12.0 Å². The molecule has 0 bridgehead atoms. The lowest BCUT2D eigenvalue weighted by Gasteiger charge is -2.25. The highest BCUT2D eigenvalue weighted by atomic mass is 19.1. The molecular formula is C28H26FNO4. The number of aliphatic hydroxyl groups is 1. The van der Waals surface area contributed by atoms with Crippen molar-refractivity contribution in [3.63, 3.8) is 0 Å². The molecule has 1 amide bonds. The first-order chi connectivity index (χ1) is 16.5. The maximum absolute atomic E-state index is 14.9. The molecule has 1 aliphatic rings. The standard InChI is InChI=1S/C28H26FNO4/c1-2-18-34-21-14-12-20(13-15-21)26(31)24-25(22-10-6-7-11-23(22)29)30(28(33)27(24)32)17-16-19-8-4-3-5-9-19/h3-15,25,31H,2,16-18H2,1H3/b26-24+. The van der Waals surface area contributed by atoms with E-state index in [-0.39, 0.29) is 23.4 Å². The molecule has 3 aromatic carbocycles. The Morgan fingerprint density at radius 1 is 0.971 bits per heavy atom. The highest BCUT2D eigenvalue weighted by Crippen LogP contribution is 2.40. The van der Waals surface area contributed by atoms with Crippen LogP contribution in [0.25, 0.3) is 5.76 Å². The van der Waals surface area contributed by atoms with Gasteiger partial charge in [0.05, 0.1) is 18.2 Å². The molecule has 1 fully saturated rings. The van der Waals surface area contributed by atoms with Crippen LogP contribution in [0.3, 0.4) is 0 Å². The number of hydrogen-bond acceptors (Lipinski definition) is 4. The summed E-state index contributed by atoms with van der Waals surface area (Å²) in [7, 11) is 0. The highest BCUT2D eigenvalue weighted by molar-refractivity contribution is 6.46. The second-order valence-corrected chi connectivity index (χ2v) is 8.12. The normalized spacial score (nSPS) is 17.2. The highest BCUT2D eigenvalue weighted by Gasteiger charge is 2.46. The van der Waals surface area contributed by atoms with Crippen molar-refractivity contribution < 1.29 is 23.8 Å². The summed E-state index contributed by atoms with van der Waals surface area (Å²) >= 11 is 0. The lowest BCUT2D eigenvalue weighted by molar-refractivity contribution is -0.139.